The summed E-state index contributed by atoms with van der Waals surface area (Å²) in [6, 6.07) is 4.41. The molecule has 2 saturated heterocycles. The highest BCUT2D eigenvalue weighted by Crippen LogP contribution is 2.29. The number of nitrogens with zero attached hydrogens (tertiary/aromatic N) is 3. The van der Waals surface area contributed by atoms with Crippen molar-refractivity contribution in [3.8, 4) is 0 Å². The molecule has 2 aliphatic rings. The van der Waals surface area contributed by atoms with E-state index in [1.165, 1.54) is 36.6 Å². The van der Waals surface area contributed by atoms with Gasteiger partial charge in [-0.1, -0.05) is 6.07 Å². The Bertz CT molecular complexity index is 548. The number of hydrogen-bond acceptors (Lipinski definition) is 4. The first-order chi connectivity index (χ1) is 12.1. The number of thiophene rings is 1. The van der Waals surface area contributed by atoms with Gasteiger partial charge in [-0.2, -0.15) is 11.8 Å². The van der Waals surface area contributed by atoms with Crippen LogP contribution >= 0.6 is 23.1 Å². The highest BCUT2D eigenvalue weighted by Gasteiger charge is 2.29. The molecule has 3 rings (SSSR count). The van der Waals surface area contributed by atoms with Crippen LogP contribution in [0.2, 0.25) is 0 Å². The van der Waals surface area contributed by atoms with Crippen LogP contribution in [0.25, 0.3) is 0 Å². The van der Waals surface area contributed by atoms with Gasteiger partial charge >= 0.3 is 0 Å². The molecule has 1 aromatic heterocycles. The smallest absolute Gasteiger partial charge is 0.193 e. The minimum absolute atomic E-state index is 0.322. The Balaban J connectivity index is 1.41. The van der Waals surface area contributed by atoms with Crippen LogP contribution in [-0.4, -0.2) is 66.0 Å². The van der Waals surface area contributed by atoms with Crippen molar-refractivity contribution in [1.29, 1.82) is 0 Å². The molecule has 140 valence electrons. The summed E-state index contributed by atoms with van der Waals surface area (Å²) in [6.07, 6.45) is 2.58. The molecule has 0 radical (unpaired) electrons. The Morgan fingerprint density at radius 1 is 1.32 bits per heavy atom. The fourth-order valence-electron chi connectivity index (χ4n) is 3.74. The molecule has 0 amide bonds. The van der Waals surface area contributed by atoms with Gasteiger partial charge in [0, 0.05) is 48.6 Å². The first kappa shape index (κ1) is 19.1. The minimum atomic E-state index is 0.322. The normalized spacial score (nSPS) is 23.0. The van der Waals surface area contributed by atoms with Crippen LogP contribution in [0.15, 0.2) is 22.5 Å². The first-order valence-corrected chi connectivity index (χ1v) is 11.3. The fraction of sp³-hybridized carbons (Fsp3) is 0.737. The molecular formula is C19H32N4S2. The molecule has 0 bridgehead atoms. The van der Waals surface area contributed by atoms with Gasteiger partial charge < -0.3 is 10.2 Å². The van der Waals surface area contributed by atoms with E-state index in [1.807, 2.05) is 18.4 Å². The van der Waals surface area contributed by atoms with Crippen molar-refractivity contribution in [1.82, 2.24) is 15.1 Å². The van der Waals surface area contributed by atoms with E-state index in [0.717, 1.165) is 38.1 Å². The average molecular weight is 381 g/mol. The monoisotopic (exact) mass is 380 g/mol. The maximum absolute atomic E-state index is 4.54. The molecule has 6 heteroatoms. The second-order valence-electron chi connectivity index (χ2n) is 7.76. The molecule has 0 atom stereocenters. The van der Waals surface area contributed by atoms with Crippen molar-refractivity contribution >= 4 is 29.1 Å². The molecule has 3 heterocycles. The van der Waals surface area contributed by atoms with Gasteiger partial charge in [0.05, 0.1) is 0 Å². The third-order valence-electron chi connectivity index (χ3n) is 5.15. The molecule has 25 heavy (non-hydrogen) atoms. The van der Waals surface area contributed by atoms with Crippen LogP contribution in [0, 0.1) is 5.92 Å². The van der Waals surface area contributed by atoms with Crippen LogP contribution in [0.3, 0.4) is 0 Å². The Morgan fingerprint density at radius 2 is 2.12 bits per heavy atom. The van der Waals surface area contributed by atoms with Gasteiger partial charge in [0.15, 0.2) is 5.96 Å². The third-order valence-corrected chi connectivity index (χ3v) is 7.31. The van der Waals surface area contributed by atoms with E-state index in [9.17, 15) is 0 Å². The van der Waals surface area contributed by atoms with Crippen LogP contribution < -0.4 is 5.32 Å². The lowest BCUT2D eigenvalue weighted by Gasteiger charge is -2.39. The van der Waals surface area contributed by atoms with Gasteiger partial charge in [0.25, 0.3) is 0 Å². The van der Waals surface area contributed by atoms with Crippen molar-refractivity contribution in [2.75, 3.05) is 45.5 Å². The number of aliphatic imine (C=N–C) groups is 1. The SMILES string of the molecule is CN=C(NCC1CCN(Cc2cccs2)CC1)N1CCSC(C)(C)C1. The van der Waals surface area contributed by atoms with Gasteiger partial charge in [-0.15, -0.1) is 11.3 Å². The summed E-state index contributed by atoms with van der Waals surface area (Å²) in [6.45, 7) is 11.5. The van der Waals surface area contributed by atoms with Crippen molar-refractivity contribution in [3.63, 3.8) is 0 Å². The van der Waals surface area contributed by atoms with Gasteiger partial charge in [0.1, 0.15) is 0 Å². The van der Waals surface area contributed by atoms with Crippen molar-refractivity contribution in [2.24, 2.45) is 10.9 Å². The number of guanidine groups is 1. The maximum atomic E-state index is 4.54. The van der Waals surface area contributed by atoms with Crippen LogP contribution in [0.4, 0.5) is 0 Å². The zero-order valence-electron chi connectivity index (χ0n) is 15.8. The predicted octanol–water partition coefficient (Wildman–Crippen LogP) is 3.36. The summed E-state index contributed by atoms with van der Waals surface area (Å²) in [5, 5.41) is 5.84. The Kier molecular flexibility index (Phi) is 6.69. The summed E-state index contributed by atoms with van der Waals surface area (Å²) in [5.41, 5.74) is 0. The largest absolute Gasteiger partial charge is 0.356 e. The number of rotatable bonds is 4. The standard InChI is InChI=1S/C19H32N4S2/c1-19(2)15-23(10-12-25-19)18(20-3)21-13-16-6-8-22(9-7-16)14-17-5-4-11-24-17/h4-5,11,16H,6-10,12-15H2,1-3H3,(H,20,21). The van der Waals surface area contributed by atoms with Crippen LogP contribution in [0.1, 0.15) is 31.6 Å². The first-order valence-electron chi connectivity index (χ1n) is 9.40. The molecule has 1 aromatic rings. The van der Waals surface area contributed by atoms with Crippen molar-refractivity contribution in [2.45, 2.75) is 38.0 Å². The number of piperidine rings is 1. The summed E-state index contributed by atoms with van der Waals surface area (Å²) in [7, 11) is 1.92. The van der Waals surface area contributed by atoms with E-state index in [0.29, 0.717) is 4.75 Å². The molecule has 0 aliphatic carbocycles. The Labute approximate surface area is 161 Å². The molecule has 2 aliphatic heterocycles. The van der Waals surface area contributed by atoms with Crippen molar-refractivity contribution < 1.29 is 0 Å². The molecule has 2 fully saturated rings. The highest BCUT2D eigenvalue weighted by molar-refractivity contribution is 8.00. The van der Waals surface area contributed by atoms with E-state index in [1.54, 1.807) is 0 Å². The van der Waals surface area contributed by atoms with Crippen LogP contribution in [0.5, 0.6) is 0 Å². The van der Waals surface area contributed by atoms with Crippen molar-refractivity contribution in [3.05, 3.63) is 22.4 Å². The van der Waals surface area contributed by atoms with E-state index < -0.39 is 0 Å². The van der Waals surface area contributed by atoms with E-state index >= 15 is 0 Å². The van der Waals surface area contributed by atoms with Gasteiger partial charge in [-0.05, 0) is 57.1 Å². The third kappa shape index (κ3) is 5.63. The number of likely N-dealkylation sites (tertiary alicyclic amines) is 1. The number of hydrogen-bond donors (Lipinski definition) is 1. The maximum Gasteiger partial charge on any atom is 0.193 e. The highest BCUT2D eigenvalue weighted by atomic mass is 32.2. The van der Waals surface area contributed by atoms with Gasteiger partial charge in [-0.25, -0.2) is 0 Å². The number of nitrogens with one attached hydrogen (secondary N) is 1. The second kappa shape index (κ2) is 8.78. The molecular weight excluding hydrogens is 348 g/mol. The lowest BCUT2D eigenvalue weighted by Crippen LogP contribution is -2.52. The lowest BCUT2D eigenvalue weighted by atomic mass is 9.97. The van der Waals surface area contributed by atoms with E-state index in [-0.39, 0.29) is 0 Å². The molecule has 4 nitrogen and oxygen atoms in total. The van der Waals surface area contributed by atoms with Gasteiger partial charge in [0.2, 0.25) is 0 Å². The minimum Gasteiger partial charge on any atom is -0.356 e. The Morgan fingerprint density at radius 3 is 2.76 bits per heavy atom. The molecule has 0 aromatic carbocycles. The summed E-state index contributed by atoms with van der Waals surface area (Å²) < 4.78 is 0.322. The topological polar surface area (TPSA) is 30.9 Å². The fourth-order valence-corrected chi connectivity index (χ4v) is 5.59. The molecule has 0 spiro atoms. The van der Waals surface area contributed by atoms with E-state index in [2.05, 4.69) is 63.2 Å². The van der Waals surface area contributed by atoms with E-state index in [4.69, 9.17) is 0 Å². The summed E-state index contributed by atoms with van der Waals surface area (Å²) in [4.78, 5) is 11.1. The molecule has 0 unspecified atom stereocenters. The molecule has 0 saturated carbocycles. The summed E-state index contributed by atoms with van der Waals surface area (Å²) >= 11 is 3.94. The average Bonchev–Trinajstić information content (AvgIpc) is 3.09. The predicted molar refractivity (Wildman–Crippen MR) is 112 cm³/mol. The zero-order chi connectivity index (χ0) is 17.7. The van der Waals surface area contributed by atoms with Gasteiger partial charge in [-0.3, -0.25) is 9.89 Å². The number of thioether (sulfide) groups is 1. The molecule has 1 N–H and O–H groups in total. The second-order valence-corrected chi connectivity index (χ2v) is 10.6. The zero-order valence-corrected chi connectivity index (χ0v) is 17.5. The summed E-state index contributed by atoms with van der Waals surface area (Å²) in [5.74, 6) is 3.05. The quantitative estimate of drug-likeness (QED) is 0.641. The lowest BCUT2D eigenvalue weighted by molar-refractivity contribution is 0.178. The Hall–Kier alpha value is -0.720. The van der Waals surface area contributed by atoms with Crippen LogP contribution in [-0.2, 0) is 6.54 Å².